The van der Waals surface area contributed by atoms with Crippen molar-refractivity contribution in [2.24, 2.45) is 0 Å². The topological polar surface area (TPSA) is 20.3 Å². The molecule has 0 atom stereocenters. The number of carbonyl (C=O) groups is 1. The molecule has 0 aromatic heterocycles. The van der Waals surface area contributed by atoms with Gasteiger partial charge in [-0.15, -0.1) is 12.4 Å². The summed E-state index contributed by atoms with van der Waals surface area (Å²) < 4.78 is 0. The molecular formula is C11H16ClNO. The van der Waals surface area contributed by atoms with E-state index >= 15 is 0 Å². The van der Waals surface area contributed by atoms with E-state index < -0.39 is 0 Å². The quantitative estimate of drug-likeness (QED) is 0.716. The summed E-state index contributed by atoms with van der Waals surface area (Å²) in [5.74, 6) is 0.217. The van der Waals surface area contributed by atoms with E-state index in [0.29, 0.717) is 6.42 Å². The molecule has 0 aliphatic rings. The summed E-state index contributed by atoms with van der Waals surface area (Å²) in [6, 6.07) is 9.42. The summed E-state index contributed by atoms with van der Waals surface area (Å²) in [5.41, 5.74) is 0.810. The fourth-order valence-corrected chi connectivity index (χ4v) is 1.09. The van der Waals surface area contributed by atoms with Gasteiger partial charge in [0, 0.05) is 18.5 Å². The number of rotatable bonds is 4. The van der Waals surface area contributed by atoms with Gasteiger partial charge in [-0.1, -0.05) is 30.3 Å². The number of hydrogen-bond donors (Lipinski definition) is 0. The number of Topliss-reactive ketones (excluding diaryl/α,β-unsaturated/α-hetero) is 1. The molecule has 0 aliphatic carbocycles. The summed E-state index contributed by atoms with van der Waals surface area (Å²) in [6.07, 6.45) is 0.594. The summed E-state index contributed by atoms with van der Waals surface area (Å²) in [5, 5.41) is 0. The molecule has 0 spiro atoms. The monoisotopic (exact) mass is 213 g/mol. The van der Waals surface area contributed by atoms with Gasteiger partial charge in [0.1, 0.15) is 0 Å². The molecule has 0 N–H and O–H groups in total. The van der Waals surface area contributed by atoms with E-state index in [1.54, 1.807) is 0 Å². The minimum absolute atomic E-state index is 0. The van der Waals surface area contributed by atoms with Crippen molar-refractivity contribution in [2.45, 2.75) is 6.42 Å². The third-order valence-electron chi connectivity index (χ3n) is 1.88. The lowest BCUT2D eigenvalue weighted by Crippen LogP contribution is -2.16. The second-order valence-corrected chi connectivity index (χ2v) is 3.34. The van der Waals surface area contributed by atoms with Crippen molar-refractivity contribution in [1.82, 2.24) is 4.90 Å². The Kier molecular flexibility index (Phi) is 6.17. The summed E-state index contributed by atoms with van der Waals surface area (Å²) >= 11 is 0. The van der Waals surface area contributed by atoms with Crippen molar-refractivity contribution >= 4 is 18.2 Å². The molecule has 78 valence electrons. The maximum Gasteiger partial charge on any atom is 0.164 e. The van der Waals surface area contributed by atoms with Gasteiger partial charge in [0.15, 0.2) is 5.78 Å². The Morgan fingerprint density at radius 2 is 1.79 bits per heavy atom. The zero-order valence-corrected chi connectivity index (χ0v) is 9.38. The minimum Gasteiger partial charge on any atom is -0.309 e. The van der Waals surface area contributed by atoms with Gasteiger partial charge in [0.2, 0.25) is 0 Å². The zero-order valence-electron chi connectivity index (χ0n) is 8.56. The highest BCUT2D eigenvalue weighted by atomic mass is 35.5. The molecule has 1 aromatic carbocycles. The Labute approximate surface area is 91.3 Å². The molecule has 0 aliphatic heterocycles. The average molecular weight is 214 g/mol. The van der Waals surface area contributed by atoms with Gasteiger partial charge in [0.25, 0.3) is 0 Å². The SMILES string of the molecule is CN(C)CCC(=O)c1ccccc1.Cl. The van der Waals surface area contributed by atoms with Gasteiger partial charge in [-0.3, -0.25) is 4.79 Å². The minimum atomic E-state index is 0. The highest BCUT2D eigenvalue weighted by Crippen LogP contribution is 2.02. The van der Waals surface area contributed by atoms with Crippen LogP contribution in [0.5, 0.6) is 0 Å². The van der Waals surface area contributed by atoms with Crippen LogP contribution in [0.3, 0.4) is 0 Å². The van der Waals surface area contributed by atoms with Gasteiger partial charge < -0.3 is 4.90 Å². The van der Waals surface area contributed by atoms with Crippen LogP contribution >= 0.6 is 12.4 Å². The van der Waals surface area contributed by atoms with E-state index in [9.17, 15) is 4.79 Å². The second-order valence-electron chi connectivity index (χ2n) is 3.34. The molecule has 2 nitrogen and oxygen atoms in total. The molecule has 1 aromatic rings. The molecule has 0 unspecified atom stereocenters. The van der Waals surface area contributed by atoms with Crippen LogP contribution in [0.1, 0.15) is 16.8 Å². The van der Waals surface area contributed by atoms with Crippen molar-refractivity contribution < 1.29 is 4.79 Å². The molecule has 0 saturated carbocycles. The Balaban J connectivity index is 0.00000169. The number of nitrogens with zero attached hydrogens (tertiary/aromatic N) is 1. The van der Waals surface area contributed by atoms with Crippen LogP contribution in [-0.4, -0.2) is 31.3 Å². The third-order valence-corrected chi connectivity index (χ3v) is 1.88. The predicted molar refractivity (Wildman–Crippen MR) is 61.2 cm³/mol. The maximum absolute atomic E-state index is 11.5. The first-order chi connectivity index (χ1) is 6.20. The lowest BCUT2D eigenvalue weighted by Gasteiger charge is -2.07. The van der Waals surface area contributed by atoms with Gasteiger partial charge in [0.05, 0.1) is 0 Å². The van der Waals surface area contributed by atoms with Crippen molar-refractivity contribution in [3.8, 4) is 0 Å². The average Bonchev–Trinajstić information content (AvgIpc) is 2.15. The standard InChI is InChI=1S/C11H15NO.ClH/c1-12(2)9-8-11(13)10-6-4-3-5-7-10;/h3-7H,8-9H2,1-2H3;1H. The van der Waals surface area contributed by atoms with E-state index in [4.69, 9.17) is 0 Å². The molecule has 14 heavy (non-hydrogen) atoms. The van der Waals surface area contributed by atoms with E-state index in [1.165, 1.54) is 0 Å². The lowest BCUT2D eigenvalue weighted by atomic mass is 10.1. The first kappa shape index (κ1) is 13.1. The van der Waals surface area contributed by atoms with E-state index in [1.807, 2.05) is 49.3 Å². The van der Waals surface area contributed by atoms with Crippen LogP contribution in [0.25, 0.3) is 0 Å². The van der Waals surface area contributed by atoms with E-state index in [-0.39, 0.29) is 18.2 Å². The van der Waals surface area contributed by atoms with Gasteiger partial charge >= 0.3 is 0 Å². The van der Waals surface area contributed by atoms with Crippen molar-refractivity contribution in [2.75, 3.05) is 20.6 Å². The third kappa shape index (κ3) is 4.40. The van der Waals surface area contributed by atoms with Gasteiger partial charge in [-0.25, -0.2) is 0 Å². The lowest BCUT2D eigenvalue weighted by molar-refractivity contribution is 0.0972. The first-order valence-electron chi connectivity index (χ1n) is 4.43. The molecule has 0 amide bonds. The predicted octanol–water partition coefficient (Wildman–Crippen LogP) is 2.24. The smallest absolute Gasteiger partial charge is 0.164 e. The summed E-state index contributed by atoms with van der Waals surface area (Å²) in [6.45, 7) is 0.813. The first-order valence-corrected chi connectivity index (χ1v) is 4.43. The molecule has 1 rings (SSSR count). The van der Waals surface area contributed by atoms with Crippen LogP contribution in [-0.2, 0) is 0 Å². The van der Waals surface area contributed by atoms with E-state index in [2.05, 4.69) is 0 Å². The molecular weight excluding hydrogens is 198 g/mol. The fraction of sp³-hybridized carbons (Fsp3) is 0.364. The van der Waals surface area contributed by atoms with Crippen LogP contribution in [0.2, 0.25) is 0 Å². The second kappa shape index (κ2) is 6.57. The number of ketones is 1. The molecule has 0 bridgehead atoms. The van der Waals surface area contributed by atoms with Crippen LogP contribution in [0, 0.1) is 0 Å². The van der Waals surface area contributed by atoms with Crippen molar-refractivity contribution in [1.29, 1.82) is 0 Å². The van der Waals surface area contributed by atoms with E-state index in [0.717, 1.165) is 12.1 Å². The molecule has 3 heteroatoms. The van der Waals surface area contributed by atoms with Crippen molar-refractivity contribution in [3.63, 3.8) is 0 Å². The number of benzene rings is 1. The molecule has 0 fully saturated rings. The Morgan fingerprint density at radius 3 is 2.29 bits per heavy atom. The number of halogens is 1. The van der Waals surface area contributed by atoms with Crippen molar-refractivity contribution in [3.05, 3.63) is 35.9 Å². The number of hydrogen-bond acceptors (Lipinski definition) is 2. The molecule has 0 saturated heterocycles. The molecule has 0 radical (unpaired) electrons. The summed E-state index contributed by atoms with van der Waals surface area (Å²) in [7, 11) is 3.94. The number of carbonyl (C=O) groups excluding carboxylic acids is 1. The highest BCUT2D eigenvalue weighted by Gasteiger charge is 2.04. The Morgan fingerprint density at radius 1 is 1.21 bits per heavy atom. The zero-order chi connectivity index (χ0) is 9.68. The normalized spacial score (nSPS) is 9.64. The van der Waals surface area contributed by atoms with Gasteiger partial charge in [-0.05, 0) is 14.1 Å². The van der Waals surface area contributed by atoms with Crippen LogP contribution in [0.4, 0.5) is 0 Å². The Bertz CT molecular complexity index is 272. The fourth-order valence-electron chi connectivity index (χ4n) is 1.09. The highest BCUT2D eigenvalue weighted by molar-refractivity contribution is 5.96. The Hall–Kier alpha value is -0.860. The molecule has 0 heterocycles. The maximum atomic E-state index is 11.5. The van der Waals surface area contributed by atoms with Gasteiger partial charge in [-0.2, -0.15) is 0 Å². The van der Waals surface area contributed by atoms with Crippen LogP contribution in [0.15, 0.2) is 30.3 Å². The van der Waals surface area contributed by atoms with Crippen LogP contribution < -0.4 is 0 Å². The largest absolute Gasteiger partial charge is 0.309 e. The summed E-state index contributed by atoms with van der Waals surface area (Å²) in [4.78, 5) is 13.5.